The Bertz CT molecular complexity index is 1140. The van der Waals surface area contributed by atoms with E-state index in [1.54, 1.807) is 0 Å². The molecule has 3 heteroatoms. The van der Waals surface area contributed by atoms with Crippen molar-refractivity contribution in [2.24, 2.45) is 0 Å². The summed E-state index contributed by atoms with van der Waals surface area (Å²) in [5.74, 6) is 0.338. The van der Waals surface area contributed by atoms with E-state index >= 15 is 0 Å². The molecule has 0 spiro atoms. The fourth-order valence-electron chi connectivity index (χ4n) is 4.45. The molecular formula is C29H36N2O. The first-order valence-corrected chi connectivity index (χ1v) is 11.6. The summed E-state index contributed by atoms with van der Waals surface area (Å²) in [5, 5.41) is 18.1. The molecule has 1 heterocycles. The number of aromatic hydroxyl groups is 1. The van der Waals surface area contributed by atoms with E-state index in [1.165, 1.54) is 27.8 Å². The van der Waals surface area contributed by atoms with Gasteiger partial charge >= 0.3 is 0 Å². The average Bonchev–Trinajstić information content (AvgIpc) is 3.54. The zero-order valence-corrected chi connectivity index (χ0v) is 20.5. The molecule has 0 radical (unpaired) electrons. The molecule has 1 saturated carbocycles. The Morgan fingerprint density at radius 1 is 0.969 bits per heavy atom. The topological polar surface area (TPSA) is 44.3 Å². The third-order valence-corrected chi connectivity index (χ3v) is 6.29. The number of anilines is 2. The van der Waals surface area contributed by atoms with Gasteiger partial charge in [-0.25, -0.2) is 0 Å². The Balaban J connectivity index is 1.78. The molecule has 1 aliphatic heterocycles. The number of allylic oxidation sites excluding steroid dienone is 3. The predicted molar refractivity (Wildman–Crippen MR) is 137 cm³/mol. The Labute approximate surface area is 193 Å². The fraction of sp³-hybridized carbons (Fsp3) is 0.379. The van der Waals surface area contributed by atoms with Crippen LogP contribution in [0.4, 0.5) is 11.4 Å². The van der Waals surface area contributed by atoms with Crippen LogP contribution in [0.1, 0.15) is 78.0 Å². The van der Waals surface area contributed by atoms with Gasteiger partial charge in [0.05, 0.1) is 0 Å². The Morgan fingerprint density at radius 3 is 2.22 bits per heavy atom. The number of fused-ring (bicyclic) bond motifs is 1. The van der Waals surface area contributed by atoms with Crippen LogP contribution in [0.3, 0.4) is 0 Å². The molecule has 0 saturated heterocycles. The molecule has 4 rings (SSSR count). The van der Waals surface area contributed by atoms with Gasteiger partial charge in [0, 0.05) is 40.5 Å². The second kappa shape index (κ2) is 7.88. The number of rotatable bonds is 3. The molecule has 0 unspecified atom stereocenters. The van der Waals surface area contributed by atoms with Crippen molar-refractivity contribution < 1.29 is 5.11 Å². The standard InChI is InChI=1S/C29H36N2O/c1-8-23(20-17-30-24-12-10-9-11-19(24)27(20)18-13-14-18)31-25-16-26(32)22(29(5,6)7)15-21(25)28(2,3)4/h8-12,15-17,30-32H,13-14H2,1-7H3/b23-8+. The summed E-state index contributed by atoms with van der Waals surface area (Å²) in [5.41, 5.74) is 10.4. The maximum atomic E-state index is 10.9. The second-order valence-electron chi connectivity index (χ2n) is 11.0. The Morgan fingerprint density at radius 2 is 1.62 bits per heavy atom. The van der Waals surface area contributed by atoms with Crippen molar-refractivity contribution in [3.8, 4) is 5.75 Å². The normalized spacial score (nSPS) is 16.3. The fourth-order valence-corrected chi connectivity index (χ4v) is 4.45. The molecule has 3 nitrogen and oxygen atoms in total. The van der Waals surface area contributed by atoms with E-state index in [1.807, 2.05) is 6.07 Å². The first-order valence-electron chi connectivity index (χ1n) is 11.6. The SMILES string of the molecule is C/C=C(/Nc1cc(O)c(C(C)(C)C)cc1C(C)(C)C)C1=CNc2ccccc2C1=C1CC1. The van der Waals surface area contributed by atoms with Crippen molar-refractivity contribution >= 4 is 16.9 Å². The quantitative estimate of drug-likeness (QED) is 0.466. The lowest BCUT2D eigenvalue weighted by atomic mass is 9.79. The van der Waals surface area contributed by atoms with Crippen molar-refractivity contribution in [3.05, 3.63) is 82.2 Å². The molecule has 0 aromatic heterocycles. The number of benzene rings is 2. The Hall–Kier alpha value is -2.94. The zero-order valence-electron chi connectivity index (χ0n) is 20.5. The van der Waals surface area contributed by atoms with Crippen molar-refractivity contribution in [1.82, 2.24) is 0 Å². The summed E-state index contributed by atoms with van der Waals surface area (Å²) < 4.78 is 0. The van der Waals surface area contributed by atoms with Crippen LogP contribution < -0.4 is 10.6 Å². The van der Waals surface area contributed by atoms with Crippen LogP contribution in [-0.4, -0.2) is 5.11 Å². The van der Waals surface area contributed by atoms with Crippen LogP contribution in [-0.2, 0) is 10.8 Å². The van der Waals surface area contributed by atoms with Crippen LogP contribution in [0.2, 0.25) is 0 Å². The number of phenols is 1. The summed E-state index contributed by atoms with van der Waals surface area (Å²) in [6, 6.07) is 12.6. The van der Waals surface area contributed by atoms with Gasteiger partial charge in [0.15, 0.2) is 0 Å². The lowest BCUT2D eigenvalue weighted by Crippen LogP contribution is -2.19. The van der Waals surface area contributed by atoms with E-state index in [-0.39, 0.29) is 10.8 Å². The summed E-state index contributed by atoms with van der Waals surface area (Å²) >= 11 is 0. The van der Waals surface area contributed by atoms with E-state index in [9.17, 15) is 5.11 Å². The van der Waals surface area contributed by atoms with Crippen molar-refractivity contribution in [1.29, 1.82) is 0 Å². The molecule has 2 aromatic carbocycles. The van der Waals surface area contributed by atoms with Gasteiger partial charge in [-0.2, -0.15) is 0 Å². The molecule has 32 heavy (non-hydrogen) atoms. The van der Waals surface area contributed by atoms with E-state index in [0.29, 0.717) is 5.75 Å². The minimum absolute atomic E-state index is 0.0710. The van der Waals surface area contributed by atoms with Gasteiger partial charge in [0.25, 0.3) is 0 Å². The monoisotopic (exact) mass is 428 g/mol. The molecule has 168 valence electrons. The smallest absolute Gasteiger partial charge is 0.121 e. The van der Waals surface area contributed by atoms with E-state index in [4.69, 9.17) is 0 Å². The number of hydrogen-bond donors (Lipinski definition) is 3. The van der Waals surface area contributed by atoms with Gasteiger partial charge in [-0.1, -0.05) is 71.4 Å². The van der Waals surface area contributed by atoms with Crippen LogP contribution in [0, 0.1) is 0 Å². The molecule has 0 atom stereocenters. The lowest BCUT2D eigenvalue weighted by molar-refractivity contribution is 0.445. The van der Waals surface area contributed by atoms with Crippen LogP contribution >= 0.6 is 0 Å². The van der Waals surface area contributed by atoms with Crippen molar-refractivity contribution in [3.63, 3.8) is 0 Å². The van der Waals surface area contributed by atoms with Crippen LogP contribution in [0.25, 0.3) is 5.57 Å². The van der Waals surface area contributed by atoms with Crippen LogP contribution in [0.15, 0.2) is 65.5 Å². The number of para-hydroxylation sites is 1. The maximum Gasteiger partial charge on any atom is 0.121 e. The minimum atomic E-state index is -0.130. The highest BCUT2D eigenvalue weighted by Gasteiger charge is 2.29. The first-order chi connectivity index (χ1) is 15.0. The molecule has 2 aliphatic rings. The third kappa shape index (κ3) is 4.21. The van der Waals surface area contributed by atoms with Crippen LogP contribution in [0.5, 0.6) is 5.75 Å². The molecular weight excluding hydrogens is 392 g/mol. The molecule has 0 amide bonds. The van der Waals surface area contributed by atoms with Crippen molar-refractivity contribution in [2.45, 2.75) is 72.1 Å². The van der Waals surface area contributed by atoms with Gasteiger partial charge in [0.2, 0.25) is 0 Å². The highest BCUT2D eigenvalue weighted by molar-refractivity contribution is 5.95. The van der Waals surface area contributed by atoms with Crippen molar-refractivity contribution in [2.75, 3.05) is 10.6 Å². The predicted octanol–water partition coefficient (Wildman–Crippen LogP) is 7.86. The van der Waals surface area contributed by atoms with Gasteiger partial charge in [-0.15, -0.1) is 0 Å². The summed E-state index contributed by atoms with van der Waals surface area (Å²) in [6.07, 6.45) is 6.57. The second-order valence-corrected chi connectivity index (χ2v) is 11.0. The van der Waals surface area contributed by atoms with Gasteiger partial charge in [-0.05, 0) is 59.4 Å². The van der Waals surface area contributed by atoms with E-state index in [0.717, 1.165) is 35.5 Å². The number of nitrogens with one attached hydrogen (secondary N) is 2. The summed E-state index contributed by atoms with van der Waals surface area (Å²) in [6.45, 7) is 15.2. The molecule has 0 bridgehead atoms. The third-order valence-electron chi connectivity index (χ3n) is 6.29. The molecule has 2 aromatic rings. The molecule has 1 aliphatic carbocycles. The lowest BCUT2D eigenvalue weighted by Gasteiger charge is -2.30. The van der Waals surface area contributed by atoms with Gasteiger partial charge < -0.3 is 15.7 Å². The minimum Gasteiger partial charge on any atom is -0.508 e. The summed E-state index contributed by atoms with van der Waals surface area (Å²) in [4.78, 5) is 0. The number of hydrogen-bond acceptors (Lipinski definition) is 3. The summed E-state index contributed by atoms with van der Waals surface area (Å²) in [7, 11) is 0. The molecule has 3 N–H and O–H groups in total. The zero-order chi connectivity index (χ0) is 23.3. The maximum absolute atomic E-state index is 10.9. The van der Waals surface area contributed by atoms with Gasteiger partial charge in [-0.3, -0.25) is 0 Å². The highest BCUT2D eigenvalue weighted by Crippen LogP contribution is 2.47. The Kier molecular flexibility index (Phi) is 5.48. The number of phenolic OH excluding ortho intramolecular Hbond substituents is 1. The average molecular weight is 429 g/mol. The van der Waals surface area contributed by atoms with E-state index in [2.05, 4.69) is 102 Å². The molecule has 1 fully saturated rings. The van der Waals surface area contributed by atoms with Gasteiger partial charge in [0.1, 0.15) is 5.75 Å². The van der Waals surface area contributed by atoms with E-state index < -0.39 is 0 Å². The highest BCUT2D eigenvalue weighted by atomic mass is 16.3. The first kappa shape index (κ1) is 22.3. The largest absolute Gasteiger partial charge is 0.508 e.